The van der Waals surface area contributed by atoms with Crippen molar-refractivity contribution in [2.24, 2.45) is 16.2 Å². The van der Waals surface area contributed by atoms with Crippen molar-refractivity contribution in [3.05, 3.63) is 0 Å². The fourth-order valence-corrected chi connectivity index (χ4v) is 2.69. The van der Waals surface area contributed by atoms with Crippen LogP contribution in [0.4, 0.5) is 0 Å². The van der Waals surface area contributed by atoms with Gasteiger partial charge in [-0.2, -0.15) is 0 Å². The summed E-state index contributed by atoms with van der Waals surface area (Å²) >= 11 is 0. The van der Waals surface area contributed by atoms with Crippen molar-refractivity contribution in [3.8, 4) is 0 Å². The van der Waals surface area contributed by atoms with E-state index in [1.807, 2.05) is 13.8 Å². The van der Waals surface area contributed by atoms with E-state index in [0.29, 0.717) is 13.2 Å². The summed E-state index contributed by atoms with van der Waals surface area (Å²) in [6.07, 6.45) is 0.202. The van der Waals surface area contributed by atoms with Gasteiger partial charge in [-0.25, -0.2) is 0 Å². The third-order valence-electron chi connectivity index (χ3n) is 4.02. The standard InChI is InChI=1S/C12H22O3/c1-10(2,3)12(7-15-8-12)11(4,5)6-9(13)14/h6-8H2,1-5H3,(H,13,14). The Bertz CT molecular complexity index is 257. The zero-order valence-corrected chi connectivity index (χ0v) is 10.4. The fourth-order valence-electron chi connectivity index (χ4n) is 2.69. The fraction of sp³-hybridized carbons (Fsp3) is 0.917. The van der Waals surface area contributed by atoms with Gasteiger partial charge in [0.05, 0.1) is 19.6 Å². The summed E-state index contributed by atoms with van der Waals surface area (Å²) in [4.78, 5) is 10.9. The SMILES string of the molecule is CC(C)(C)C1(C(C)(C)CC(=O)O)COC1. The Morgan fingerprint density at radius 3 is 1.93 bits per heavy atom. The highest BCUT2D eigenvalue weighted by Gasteiger charge is 2.58. The highest BCUT2D eigenvalue weighted by atomic mass is 16.5. The largest absolute Gasteiger partial charge is 0.481 e. The smallest absolute Gasteiger partial charge is 0.303 e. The predicted molar refractivity (Wildman–Crippen MR) is 58.7 cm³/mol. The second-order valence-corrected chi connectivity index (χ2v) is 6.28. The Morgan fingerprint density at radius 2 is 1.73 bits per heavy atom. The van der Waals surface area contributed by atoms with Crippen molar-refractivity contribution in [3.63, 3.8) is 0 Å². The molecular formula is C12H22O3. The van der Waals surface area contributed by atoms with Crippen LogP contribution in [0.1, 0.15) is 41.0 Å². The Labute approximate surface area is 91.8 Å². The van der Waals surface area contributed by atoms with Crippen LogP contribution in [-0.4, -0.2) is 24.3 Å². The lowest BCUT2D eigenvalue weighted by atomic mass is 9.51. The van der Waals surface area contributed by atoms with E-state index < -0.39 is 5.97 Å². The predicted octanol–water partition coefficient (Wildman–Crippen LogP) is 2.55. The van der Waals surface area contributed by atoms with E-state index in [1.54, 1.807) is 0 Å². The molecule has 88 valence electrons. The second-order valence-electron chi connectivity index (χ2n) is 6.28. The monoisotopic (exact) mass is 214 g/mol. The molecule has 1 heterocycles. The average Bonchev–Trinajstić information content (AvgIpc) is 1.72. The number of ether oxygens (including phenoxy) is 1. The number of carbonyl (C=O) groups is 1. The molecule has 1 aliphatic rings. The van der Waals surface area contributed by atoms with Gasteiger partial charge in [-0.15, -0.1) is 0 Å². The number of hydrogen-bond donors (Lipinski definition) is 1. The second kappa shape index (κ2) is 3.48. The quantitative estimate of drug-likeness (QED) is 0.785. The molecule has 15 heavy (non-hydrogen) atoms. The minimum atomic E-state index is -0.726. The Kier molecular flexibility index (Phi) is 2.90. The van der Waals surface area contributed by atoms with Crippen molar-refractivity contribution in [2.45, 2.75) is 41.0 Å². The zero-order chi connectivity index (χ0) is 11.9. The van der Waals surface area contributed by atoms with Crippen LogP contribution < -0.4 is 0 Å². The number of carboxylic acid groups (broad SMARTS) is 1. The molecule has 0 amide bonds. The van der Waals surface area contributed by atoms with Crippen molar-refractivity contribution >= 4 is 5.97 Å². The molecule has 1 N–H and O–H groups in total. The van der Waals surface area contributed by atoms with Crippen molar-refractivity contribution in [1.29, 1.82) is 0 Å². The summed E-state index contributed by atoms with van der Waals surface area (Å²) in [6, 6.07) is 0. The highest BCUT2D eigenvalue weighted by molar-refractivity contribution is 5.67. The van der Waals surface area contributed by atoms with Gasteiger partial charge in [-0.05, 0) is 10.8 Å². The maximum Gasteiger partial charge on any atom is 0.303 e. The topological polar surface area (TPSA) is 46.5 Å². The number of rotatable bonds is 3. The number of hydrogen-bond acceptors (Lipinski definition) is 2. The molecule has 0 bridgehead atoms. The summed E-state index contributed by atoms with van der Waals surface area (Å²) in [5.74, 6) is -0.726. The number of aliphatic carboxylic acids is 1. The number of carboxylic acids is 1. The summed E-state index contributed by atoms with van der Waals surface area (Å²) in [5, 5.41) is 8.96. The Balaban J connectivity index is 2.96. The lowest BCUT2D eigenvalue weighted by Gasteiger charge is -2.59. The summed E-state index contributed by atoms with van der Waals surface area (Å²) < 4.78 is 5.34. The Hall–Kier alpha value is -0.570. The maximum absolute atomic E-state index is 10.9. The van der Waals surface area contributed by atoms with E-state index in [-0.39, 0.29) is 22.7 Å². The van der Waals surface area contributed by atoms with Crippen LogP contribution in [0.15, 0.2) is 0 Å². The zero-order valence-electron chi connectivity index (χ0n) is 10.4. The van der Waals surface area contributed by atoms with Gasteiger partial charge in [0.15, 0.2) is 0 Å². The van der Waals surface area contributed by atoms with Gasteiger partial charge in [0, 0.05) is 5.41 Å². The van der Waals surface area contributed by atoms with Crippen LogP contribution in [0.5, 0.6) is 0 Å². The van der Waals surface area contributed by atoms with E-state index in [2.05, 4.69) is 20.8 Å². The van der Waals surface area contributed by atoms with Gasteiger partial charge in [-0.3, -0.25) is 4.79 Å². The lowest BCUT2D eigenvalue weighted by molar-refractivity contribution is -0.232. The van der Waals surface area contributed by atoms with Crippen molar-refractivity contribution < 1.29 is 14.6 Å². The summed E-state index contributed by atoms with van der Waals surface area (Å²) in [5.41, 5.74) is -0.169. The first-order chi connectivity index (χ1) is 6.62. The lowest BCUT2D eigenvalue weighted by Crippen LogP contribution is -2.60. The van der Waals surface area contributed by atoms with Crippen LogP contribution in [0.2, 0.25) is 0 Å². The molecule has 1 aliphatic heterocycles. The minimum Gasteiger partial charge on any atom is -0.481 e. The van der Waals surface area contributed by atoms with E-state index in [1.165, 1.54) is 0 Å². The molecule has 1 saturated heterocycles. The van der Waals surface area contributed by atoms with Crippen LogP contribution in [0.25, 0.3) is 0 Å². The normalized spacial score (nSPS) is 20.9. The first-order valence-corrected chi connectivity index (χ1v) is 5.42. The molecule has 0 spiro atoms. The van der Waals surface area contributed by atoms with Gasteiger partial charge < -0.3 is 9.84 Å². The highest BCUT2D eigenvalue weighted by Crippen LogP contribution is 2.57. The molecule has 0 radical (unpaired) electrons. The molecule has 0 aromatic rings. The molecule has 0 saturated carbocycles. The molecule has 0 atom stereocenters. The molecule has 0 aliphatic carbocycles. The van der Waals surface area contributed by atoms with Gasteiger partial charge in [0.1, 0.15) is 0 Å². The van der Waals surface area contributed by atoms with E-state index in [4.69, 9.17) is 9.84 Å². The molecule has 1 fully saturated rings. The van der Waals surface area contributed by atoms with Gasteiger partial charge in [-0.1, -0.05) is 34.6 Å². The van der Waals surface area contributed by atoms with E-state index >= 15 is 0 Å². The van der Waals surface area contributed by atoms with Crippen LogP contribution in [0.3, 0.4) is 0 Å². The van der Waals surface area contributed by atoms with Crippen LogP contribution >= 0.6 is 0 Å². The van der Waals surface area contributed by atoms with Gasteiger partial charge >= 0.3 is 5.97 Å². The summed E-state index contributed by atoms with van der Waals surface area (Å²) in [7, 11) is 0. The molecule has 0 unspecified atom stereocenters. The molecule has 1 rings (SSSR count). The van der Waals surface area contributed by atoms with Crippen LogP contribution in [0, 0.1) is 16.2 Å². The molecule has 0 aromatic heterocycles. The average molecular weight is 214 g/mol. The Morgan fingerprint density at radius 1 is 1.27 bits per heavy atom. The molecular weight excluding hydrogens is 192 g/mol. The first-order valence-electron chi connectivity index (χ1n) is 5.42. The molecule has 3 heteroatoms. The van der Waals surface area contributed by atoms with E-state index in [0.717, 1.165) is 0 Å². The summed E-state index contributed by atoms with van der Waals surface area (Å²) in [6.45, 7) is 11.9. The molecule has 0 aromatic carbocycles. The third kappa shape index (κ3) is 1.89. The molecule has 3 nitrogen and oxygen atoms in total. The maximum atomic E-state index is 10.9. The first kappa shape index (κ1) is 12.5. The third-order valence-corrected chi connectivity index (χ3v) is 4.02. The van der Waals surface area contributed by atoms with Gasteiger partial charge in [0.25, 0.3) is 0 Å². The van der Waals surface area contributed by atoms with Crippen LogP contribution in [-0.2, 0) is 9.53 Å². The van der Waals surface area contributed by atoms with Gasteiger partial charge in [0.2, 0.25) is 0 Å². The minimum absolute atomic E-state index is 0.0155. The van der Waals surface area contributed by atoms with Crippen molar-refractivity contribution in [2.75, 3.05) is 13.2 Å². The van der Waals surface area contributed by atoms with E-state index in [9.17, 15) is 4.79 Å². The van der Waals surface area contributed by atoms with Crippen molar-refractivity contribution in [1.82, 2.24) is 0 Å².